The summed E-state index contributed by atoms with van der Waals surface area (Å²) in [4.78, 5) is 9.47. The minimum atomic E-state index is -3.72. The van der Waals surface area contributed by atoms with Gasteiger partial charge in [-0.05, 0) is 12.0 Å². The number of nitrogens with two attached hydrogens (primary N) is 1. The molecular weight excluding hydrogens is 194 g/mol. The molecule has 0 unspecified atom stereocenters. The third-order valence-corrected chi connectivity index (χ3v) is 1.83. The fraction of sp³-hybridized carbons (Fsp3) is 0.571. The Kier molecular flexibility index (Phi) is 7.45. The lowest BCUT2D eigenvalue weighted by atomic mass is 10.3. The van der Waals surface area contributed by atoms with Crippen molar-refractivity contribution in [3.8, 4) is 0 Å². The molecule has 0 radical (unpaired) electrons. The van der Waals surface area contributed by atoms with Crippen LogP contribution in [0.4, 0.5) is 0 Å². The third kappa shape index (κ3) is 24.7. The molecule has 0 aromatic heterocycles. The first-order valence-electron chi connectivity index (χ1n) is 3.56. The van der Waals surface area contributed by atoms with Crippen LogP contribution in [0.3, 0.4) is 0 Å². The molecule has 0 fully saturated rings. The molecule has 0 rings (SSSR count). The molecule has 0 aromatic carbocycles. The number of amides is 1. The standard InChI is InChI=1S/C4H10O3S.C3H5NO/c1-4(2)3-8(5,6)7;1-2-3(4)5/h4H,3H2,1-2H3,(H,5,6,7);2H,1H2,(H2,4,5). The third-order valence-electron chi connectivity index (χ3n) is 0.745. The van der Waals surface area contributed by atoms with Gasteiger partial charge < -0.3 is 5.73 Å². The lowest BCUT2D eigenvalue weighted by Crippen LogP contribution is -2.09. The highest BCUT2D eigenvalue weighted by Gasteiger charge is 2.05. The molecule has 0 bridgehead atoms. The van der Waals surface area contributed by atoms with E-state index in [0.717, 1.165) is 6.08 Å². The van der Waals surface area contributed by atoms with Crippen LogP contribution < -0.4 is 5.73 Å². The summed E-state index contributed by atoms with van der Waals surface area (Å²) in [6.45, 7) is 6.55. The van der Waals surface area contributed by atoms with Gasteiger partial charge in [0.05, 0.1) is 5.75 Å². The van der Waals surface area contributed by atoms with Crippen molar-refractivity contribution >= 4 is 16.0 Å². The predicted octanol–water partition coefficient (Wildman–Crippen LogP) is 0.188. The summed E-state index contributed by atoms with van der Waals surface area (Å²) >= 11 is 0. The van der Waals surface area contributed by atoms with Crippen LogP contribution in [-0.2, 0) is 14.9 Å². The normalized spacial score (nSPS) is 10.2. The Morgan fingerprint density at radius 3 is 1.92 bits per heavy atom. The molecule has 0 saturated carbocycles. The van der Waals surface area contributed by atoms with Crippen molar-refractivity contribution in [2.75, 3.05) is 5.75 Å². The van der Waals surface area contributed by atoms with E-state index in [2.05, 4.69) is 12.3 Å². The van der Waals surface area contributed by atoms with E-state index in [1.807, 2.05) is 0 Å². The van der Waals surface area contributed by atoms with E-state index in [-0.39, 0.29) is 11.7 Å². The SMILES string of the molecule is C=CC(N)=O.CC(C)CS(=O)(=O)O. The van der Waals surface area contributed by atoms with E-state index in [0.29, 0.717) is 0 Å². The van der Waals surface area contributed by atoms with Gasteiger partial charge in [-0.1, -0.05) is 20.4 Å². The van der Waals surface area contributed by atoms with Crippen LogP contribution in [0, 0.1) is 5.92 Å². The summed E-state index contributed by atoms with van der Waals surface area (Å²) in [6.07, 6.45) is 1.06. The summed E-state index contributed by atoms with van der Waals surface area (Å²) in [5, 5.41) is 0. The van der Waals surface area contributed by atoms with Gasteiger partial charge in [-0.15, -0.1) is 0 Å². The first kappa shape index (κ1) is 14.6. The van der Waals surface area contributed by atoms with E-state index in [4.69, 9.17) is 4.55 Å². The molecule has 0 atom stereocenters. The Labute approximate surface area is 78.4 Å². The van der Waals surface area contributed by atoms with Gasteiger partial charge in [0.2, 0.25) is 5.91 Å². The van der Waals surface area contributed by atoms with Crippen LogP contribution in [0.25, 0.3) is 0 Å². The Hall–Kier alpha value is -0.880. The molecule has 0 aliphatic rings. The first-order chi connectivity index (χ1) is 5.69. The average molecular weight is 209 g/mol. The number of hydrogen-bond donors (Lipinski definition) is 2. The van der Waals surface area contributed by atoms with Crippen LogP contribution in [-0.4, -0.2) is 24.6 Å². The van der Waals surface area contributed by atoms with Gasteiger partial charge in [0.15, 0.2) is 0 Å². The summed E-state index contributed by atoms with van der Waals surface area (Å²) in [5.74, 6) is -0.623. The van der Waals surface area contributed by atoms with Crippen molar-refractivity contribution in [3.05, 3.63) is 12.7 Å². The zero-order valence-corrected chi connectivity index (χ0v) is 8.54. The van der Waals surface area contributed by atoms with Gasteiger partial charge in [0.25, 0.3) is 10.1 Å². The second-order valence-electron chi connectivity index (χ2n) is 2.75. The minimum absolute atomic E-state index is 0.00463. The molecule has 0 saturated heterocycles. The largest absolute Gasteiger partial charge is 0.366 e. The van der Waals surface area contributed by atoms with Gasteiger partial charge in [0, 0.05) is 0 Å². The Morgan fingerprint density at radius 2 is 1.92 bits per heavy atom. The van der Waals surface area contributed by atoms with E-state index < -0.39 is 16.0 Å². The van der Waals surface area contributed by atoms with E-state index in [1.165, 1.54) is 0 Å². The Balaban J connectivity index is 0. The topological polar surface area (TPSA) is 97.5 Å². The van der Waals surface area contributed by atoms with E-state index in [9.17, 15) is 13.2 Å². The number of primary amides is 1. The second-order valence-corrected chi connectivity index (χ2v) is 4.25. The maximum absolute atomic E-state index is 10.00. The van der Waals surface area contributed by atoms with Gasteiger partial charge in [0.1, 0.15) is 0 Å². The van der Waals surface area contributed by atoms with E-state index >= 15 is 0 Å². The van der Waals surface area contributed by atoms with Crippen LogP contribution in [0.2, 0.25) is 0 Å². The van der Waals surface area contributed by atoms with Crippen molar-refractivity contribution < 1.29 is 17.8 Å². The van der Waals surface area contributed by atoms with Gasteiger partial charge in [-0.3, -0.25) is 9.35 Å². The quantitative estimate of drug-likeness (QED) is 0.512. The lowest BCUT2D eigenvalue weighted by molar-refractivity contribution is -0.113. The zero-order chi connectivity index (χ0) is 11.1. The Morgan fingerprint density at radius 1 is 1.62 bits per heavy atom. The number of carbonyl (C=O) groups is 1. The molecule has 3 N–H and O–H groups in total. The minimum Gasteiger partial charge on any atom is -0.366 e. The number of hydrogen-bond acceptors (Lipinski definition) is 3. The highest BCUT2D eigenvalue weighted by Crippen LogP contribution is 1.95. The van der Waals surface area contributed by atoms with Crippen molar-refractivity contribution in [2.45, 2.75) is 13.8 Å². The van der Waals surface area contributed by atoms with Crippen molar-refractivity contribution in [1.82, 2.24) is 0 Å². The van der Waals surface area contributed by atoms with Gasteiger partial charge in [-0.2, -0.15) is 8.42 Å². The molecule has 13 heavy (non-hydrogen) atoms. The summed E-state index contributed by atoms with van der Waals surface area (Å²) in [5.41, 5.74) is 4.53. The summed E-state index contributed by atoms with van der Waals surface area (Å²) in [6, 6.07) is 0. The molecule has 6 heteroatoms. The maximum Gasteiger partial charge on any atom is 0.265 e. The molecule has 78 valence electrons. The fourth-order valence-electron chi connectivity index (χ4n) is 0.421. The van der Waals surface area contributed by atoms with Gasteiger partial charge >= 0.3 is 0 Å². The van der Waals surface area contributed by atoms with Crippen LogP contribution >= 0.6 is 0 Å². The number of carbonyl (C=O) groups excluding carboxylic acids is 1. The second kappa shape index (κ2) is 6.62. The lowest BCUT2D eigenvalue weighted by Gasteiger charge is -1.97. The fourth-order valence-corrected chi connectivity index (χ4v) is 1.26. The highest BCUT2D eigenvalue weighted by atomic mass is 32.2. The molecule has 0 spiro atoms. The predicted molar refractivity (Wildman–Crippen MR) is 50.6 cm³/mol. The van der Waals surface area contributed by atoms with Gasteiger partial charge in [-0.25, -0.2) is 0 Å². The zero-order valence-electron chi connectivity index (χ0n) is 7.73. The van der Waals surface area contributed by atoms with Crippen LogP contribution in [0.5, 0.6) is 0 Å². The Bertz CT molecular complexity index is 256. The maximum atomic E-state index is 10.00. The van der Waals surface area contributed by atoms with Crippen molar-refractivity contribution in [1.29, 1.82) is 0 Å². The molecule has 5 nitrogen and oxygen atoms in total. The molecule has 0 aromatic rings. The van der Waals surface area contributed by atoms with Crippen molar-refractivity contribution in [2.24, 2.45) is 11.7 Å². The molecule has 0 heterocycles. The highest BCUT2D eigenvalue weighted by molar-refractivity contribution is 7.85. The molecule has 0 aliphatic carbocycles. The van der Waals surface area contributed by atoms with Crippen LogP contribution in [0.15, 0.2) is 12.7 Å². The van der Waals surface area contributed by atoms with E-state index in [1.54, 1.807) is 13.8 Å². The average Bonchev–Trinajstić information content (AvgIpc) is 1.83. The first-order valence-corrected chi connectivity index (χ1v) is 5.17. The monoisotopic (exact) mass is 209 g/mol. The molecule has 1 amide bonds. The van der Waals surface area contributed by atoms with Crippen molar-refractivity contribution in [3.63, 3.8) is 0 Å². The molecular formula is C7H15NO4S. The smallest absolute Gasteiger partial charge is 0.265 e. The summed E-state index contributed by atoms with van der Waals surface area (Å²) < 4.78 is 28.2. The summed E-state index contributed by atoms with van der Waals surface area (Å²) in [7, 11) is -3.72. The number of rotatable bonds is 3. The van der Waals surface area contributed by atoms with Crippen LogP contribution in [0.1, 0.15) is 13.8 Å². The molecule has 0 aliphatic heterocycles.